The molecule has 0 aliphatic heterocycles. The van der Waals surface area contributed by atoms with Crippen molar-refractivity contribution in [1.82, 2.24) is 5.32 Å². The van der Waals surface area contributed by atoms with Gasteiger partial charge in [0.2, 0.25) is 5.91 Å². The minimum Gasteiger partial charge on any atom is -0.493 e. The normalized spacial score (nSPS) is 17.4. The molecule has 1 atom stereocenters. The maximum absolute atomic E-state index is 10.9. The minimum atomic E-state index is -0.331. The molecule has 4 nitrogen and oxygen atoms in total. The van der Waals surface area contributed by atoms with Crippen LogP contribution in [0.1, 0.15) is 44.6 Å². The van der Waals surface area contributed by atoms with Crippen LogP contribution in [0.15, 0.2) is 24.3 Å². The van der Waals surface area contributed by atoms with Crippen LogP contribution in [0, 0.1) is 5.92 Å². The van der Waals surface area contributed by atoms with Gasteiger partial charge in [0.15, 0.2) is 0 Å². The van der Waals surface area contributed by atoms with Crippen molar-refractivity contribution in [1.29, 1.82) is 0 Å². The van der Waals surface area contributed by atoms with Gasteiger partial charge in [-0.05, 0) is 43.4 Å². The van der Waals surface area contributed by atoms with Crippen LogP contribution in [0.5, 0.6) is 5.75 Å². The summed E-state index contributed by atoms with van der Waals surface area (Å²) in [6, 6.07) is 7.73. The summed E-state index contributed by atoms with van der Waals surface area (Å²) in [6.45, 7) is 3.23. The van der Waals surface area contributed by atoms with E-state index in [2.05, 4.69) is 5.32 Å². The van der Waals surface area contributed by atoms with Crippen molar-refractivity contribution in [2.75, 3.05) is 6.61 Å². The van der Waals surface area contributed by atoms with E-state index in [-0.39, 0.29) is 11.9 Å². The molecule has 1 aliphatic rings. The predicted molar refractivity (Wildman–Crippen MR) is 84.0 cm³/mol. The van der Waals surface area contributed by atoms with Crippen LogP contribution in [-0.4, -0.2) is 18.6 Å². The van der Waals surface area contributed by atoms with Crippen molar-refractivity contribution in [3.05, 3.63) is 29.8 Å². The zero-order valence-electron chi connectivity index (χ0n) is 12.8. The summed E-state index contributed by atoms with van der Waals surface area (Å²) < 4.78 is 5.87. The highest BCUT2D eigenvalue weighted by atomic mass is 16.5. The Balaban J connectivity index is 1.74. The molecular formula is C17H26N2O2. The summed E-state index contributed by atoms with van der Waals surface area (Å²) in [5.41, 5.74) is 6.33. The number of carbonyl (C=O) groups is 1. The van der Waals surface area contributed by atoms with Gasteiger partial charge in [-0.15, -0.1) is 0 Å². The monoisotopic (exact) mass is 290 g/mol. The first-order valence-corrected chi connectivity index (χ1v) is 7.89. The van der Waals surface area contributed by atoms with E-state index in [9.17, 15) is 4.79 Å². The molecule has 0 bridgehead atoms. The van der Waals surface area contributed by atoms with Crippen LogP contribution in [0.4, 0.5) is 0 Å². The number of hydrogen-bond donors (Lipinski definition) is 2. The maximum atomic E-state index is 10.9. The number of benzene rings is 1. The lowest BCUT2D eigenvalue weighted by atomic mass is 9.90. The average molecular weight is 290 g/mol. The van der Waals surface area contributed by atoms with Crippen molar-refractivity contribution < 1.29 is 9.53 Å². The van der Waals surface area contributed by atoms with E-state index in [0.717, 1.165) is 23.8 Å². The van der Waals surface area contributed by atoms with Gasteiger partial charge in [-0.1, -0.05) is 31.4 Å². The van der Waals surface area contributed by atoms with Gasteiger partial charge in [-0.25, -0.2) is 0 Å². The van der Waals surface area contributed by atoms with Crippen molar-refractivity contribution in [2.24, 2.45) is 11.7 Å². The lowest BCUT2D eigenvalue weighted by Gasteiger charge is -2.21. The first-order valence-electron chi connectivity index (χ1n) is 7.89. The third kappa shape index (κ3) is 5.38. The Morgan fingerprint density at radius 2 is 1.95 bits per heavy atom. The van der Waals surface area contributed by atoms with E-state index in [1.807, 2.05) is 24.3 Å². The van der Waals surface area contributed by atoms with Crippen LogP contribution in [-0.2, 0) is 11.3 Å². The molecule has 0 aromatic heterocycles. The second-order valence-corrected chi connectivity index (χ2v) is 5.96. The Morgan fingerprint density at radius 1 is 1.29 bits per heavy atom. The van der Waals surface area contributed by atoms with Gasteiger partial charge < -0.3 is 15.8 Å². The van der Waals surface area contributed by atoms with E-state index in [0.29, 0.717) is 6.54 Å². The highest BCUT2D eigenvalue weighted by molar-refractivity contribution is 5.79. The number of amides is 1. The first kappa shape index (κ1) is 15.8. The largest absolute Gasteiger partial charge is 0.493 e. The summed E-state index contributed by atoms with van der Waals surface area (Å²) in [5, 5.41) is 3.09. The minimum absolute atomic E-state index is 0.313. The number of ether oxygens (including phenoxy) is 1. The molecule has 1 aromatic rings. The highest BCUT2D eigenvalue weighted by Gasteiger charge is 2.13. The molecule has 1 aromatic carbocycles. The van der Waals surface area contributed by atoms with E-state index in [4.69, 9.17) is 10.5 Å². The van der Waals surface area contributed by atoms with Gasteiger partial charge in [0.25, 0.3) is 0 Å². The second-order valence-electron chi connectivity index (χ2n) is 5.96. The van der Waals surface area contributed by atoms with Crippen LogP contribution < -0.4 is 15.8 Å². The summed E-state index contributed by atoms with van der Waals surface area (Å²) in [5.74, 6) is 1.31. The summed E-state index contributed by atoms with van der Waals surface area (Å²) in [6.07, 6.45) is 6.66. The number of nitrogens with one attached hydrogen (secondary N) is 1. The molecule has 1 saturated carbocycles. The SMILES string of the molecule is C[C@H](NCc1ccc(OCC2CCCCC2)cc1)C(N)=O. The van der Waals surface area contributed by atoms with Crippen LogP contribution >= 0.6 is 0 Å². The molecule has 1 amide bonds. The third-order valence-electron chi connectivity index (χ3n) is 4.17. The molecule has 3 N–H and O–H groups in total. The van der Waals surface area contributed by atoms with Crippen molar-refractivity contribution in [2.45, 2.75) is 51.6 Å². The third-order valence-corrected chi connectivity index (χ3v) is 4.17. The van der Waals surface area contributed by atoms with E-state index in [1.54, 1.807) is 6.92 Å². The van der Waals surface area contributed by atoms with E-state index in [1.165, 1.54) is 32.1 Å². The smallest absolute Gasteiger partial charge is 0.234 e. The van der Waals surface area contributed by atoms with Gasteiger partial charge in [-0.3, -0.25) is 4.79 Å². The molecule has 21 heavy (non-hydrogen) atoms. The topological polar surface area (TPSA) is 64.3 Å². The predicted octanol–water partition coefficient (Wildman–Crippen LogP) is 2.61. The molecule has 4 heteroatoms. The molecular weight excluding hydrogens is 264 g/mol. The summed E-state index contributed by atoms with van der Waals surface area (Å²) in [7, 11) is 0. The molecule has 1 aliphatic carbocycles. The molecule has 0 unspecified atom stereocenters. The lowest BCUT2D eigenvalue weighted by Crippen LogP contribution is -2.38. The maximum Gasteiger partial charge on any atom is 0.234 e. The van der Waals surface area contributed by atoms with Crippen molar-refractivity contribution in [3.8, 4) is 5.75 Å². The van der Waals surface area contributed by atoms with Gasteiger partial charge in [0.1, 0.15) is 5.75 Å². The molecule has 0 spiro atoms. The average Bonchev–Trinajstić information content (AvgIpc) is 2.52. The molecule has 0 heterocycles. The fourth-order valence-corrected chi connectivity index (χ4v) is 2.64. The number of rotatable bonds is 7. The first-order chi connectivity index (χ1) is 10.1. The van der Waals surface area contributed by atoms with Gasteiger partial charge >= 0.3 is 0 Å². The number of hydrogen-bond acceptors (Lipinski definition) is 3. The van der Waals surface area contributed by atoms with Crippen molar-refractivity contribution >= 4 is 5.91 Å². The molecule has 2 rings (SSSR count). The number of nitrogens with two attached hydrogens (primary N) is 1. The van der Waals surface area contributed by atoms with Crippen LogP contribution in [0.2, 0.25) is 0 Å². The van der Waals surface area contributed by atoms with Gasteiger partial charge in [-0.2, -0.15) is 0 Å². The fraction of sp³-hybridized carbons (Fsp3) is 0.588. The zero-order chi connectivity index (χ0) is 15.1. The fourth-order valence-electron chi connectivity index (χ4n) is 2.64. The van der Waals surface area contributed by atoms with Crippen molar-refractivity contribution in [3.63, 3.8) is 0 Å². The summed E-state index contributed by atoms with van der Waals surface area (Å²) >= 11 is 0. The standard InChI is InChI=1S/C17H26N2O2/c1-13(17(18)20)19-11-14-7-9-16(10-8-14)21-12-15-5-3-2-4-6-15/h7-10,13,15,19H,2-6,11-12H2,1H3,(H2,18,20)/t13-/m0/s1. The van der Waals surface area contributed by atoms with Crippen LogP contribution in [0.25, 0.3) is 0 Å². The zero-order valence-corrected chi connectivity index (χ0v) is 12.8. The summed E-state index contributed by atoms with van der Waals surface area (Å²) in [4.78, 5) is 10.9. The molecule has 0 saturated heterocycles. The number of carbonyl (C=O) groups excluding carboxylic acids is 1. The Labute approximate surface area is 127 Å². The second kappa shape index (κ2) is 8.03. The van der Waals surface area contributed by atoms with E-state index < -0.39 is 0 Å². The van der Waals surface area contributed by atoms with Gasteiger partial charge in [0.05, 0.1) is 12.6 Å². The quantitative estimate of drug-likeness (QED) is 0.811. The molecule has 1 fully saturated rings. The lowest BCUT2D eigenvalue weighted by molar-refractivity contribution is -0.119. The number of primary amides is 1. The Morgan fingerprint density at radius 3 is 2.57 bits per heavy atom. The van der Waals surface area contributed by atoms with E-state index >= 15 is 0 Å². The Bertz CT molecular complexity index is 439. The van der Waals surface area contributed by atoms with Gasteiger partial charge in [0, 0.05) is 6.54 Å². The molecule has 116 valence electrons. The van der Waals surface area contributed by atoms with Crippen LogP contribution in [0.3, 0.4) is 0 Å². The Kier molecular flexibility index (Phi) is 6.05. The molecule has 0 radical (unpaired) electrons. The highest BCUT2D eigenvalue weighted by Crippen LogP contribution is 2.24. The Hall–Kier alpha value is -1.55.